The molecule has 0 saturated carbocycles. The van der Waals surface area contributed by atoms with E-state index >= 15 is 0 Å². The van der Waals surface area contributed by atoms with Gasteiger partial charge in [0, 0.05) is 34.5 Å². The van der Waals surface area contributed by atoms with Crippen LogP contribution in [0.4, 0.5) is 0 Å². The van der Waals surface area contributed by atoms with E-state index in [1.165, 1.54) is 0 Å². The molecule has 0 aromatic heterocycles. The third kappa shape index (κ3) is 12.0. The standard InChI is InChI=1S/C11H25NO2S/c1-10(2)5-6-14-7-8-15(13)9-11(3,4)12/h10H,5-9,12H2,1-4H3. The SMILES string of the molecule is CC(C)CCOCCS(=O)CC(C)(C)N. The Morgan fingerprint density at radius 1 is 1.33 bits per heavy atom. The first-order chi connectivity index (χ1) is 6.81. The predicted molar refractivity (Wildman–Crippen MR) is 66.4 cm³/mol. The molecule has 92 valence electrons. The molecule has 15 heavy (non-hydrogen) atoms. The molecule has 0 aliphatic rings. The van der Waals surface area contributed by atoms with Crippen LogP contribution in [0, 0.1) is 5.92 Å². The highest BCUT2D eigenvalue weighted by atomic mass is 32.2. The van der Waals surface area contributed by atoms with E-state index in [1.807, 2.05) is 13.8 Å². The van der Waals surface area contributed by atoms with Crippen LogP contribution in [0.15, 0.2) is 0 Å². The van der Waals surface area contributed by atoms with Crippen molar-refractivity contribution in [1.82, 2.24) is 0 Å². The molecule has 1 atom stereocenters. The monoisotopic (exact) mass is 235 g/mol. The van der Waals surface area contributed by atoms with Crippen LogP contribution in [-0.4, -0.2) is 34.5 Å². The molecule has 0 aromatic rings. The van der Waals surface area contributed by atoms with Crippen LogP contribution in [-0.2, 0) is 15.5 Å². The summed E-state index contributed by atoms with van der Waals surface area (Å²) < 4.78 is 16.9. The van der Waals surface area contributed by atoms with Crippen molar-refractivity contribution < 1.29 is 8.95 Å². The molecule has 0 amide bonds. The van der Waals surface area contributed by atoms with Crippen LogP contribution in [0.25, 0.3) is 0 Å². The predicted octanol–water partition coefficient (Wildman–Crippen LogP) is 1.54. The van der Waals surface area contributed by atoms with Gasteiger partial charge in [-0.15, -0.1) is 0 Å². The largest absolute Gasteiger partial charge is 0.380 e. The van der Waals surface area contributed by atoms with Gasteiger partial charge in [-0.25, -0.2) is 0 Å². The average molecular weight is 235 g/mol. The lowest BCUT2D eigenvalue weighted by Gasteiger charge is -2.17. The molecule has 3 nitrogen and oxygen atoms in total. The normalized spacial score (nSPS) is 14.5. The topological polar surface area (TPSA) is 52.3 Å². The fraction of sp³-hybridized carbons (Fsp3) is 1.00. The minimum Gasteiger partial charge on any atom is -0.380 e. The van der Waals surface area contributed by atoms with E-state index in [2.05, 4.69) is 13.8 Å². The van der Waals surface area contributed by atoms with E-state index in [1.54, 1.807) is 0 Å². The Hall–Kier alpha value is 0.0700. The van der Waals surface area contributed by atoms with E-state index in [0.717, 1.165) is 13.0 Å². The van der Waals surface area contributed by atoms with E-state index in [4.69, 9.17) is 10.5 Å². The van der Waals surface area contributed by atoms with Crippen molar-refractivity contribution >= 4 is 10.8 Å². The van der Waals surface area contributed by atoms with Gasteiger partial charge in [0.25, 0.3) is 0 Å². The number of hydrogen-bond donors (Lipinski definition) is 1. The van der Waals surface area contributed by atoms with Crippen molar-refractivity contribution in [3.63, 3.8) is 0 Å². The molecule has 0 fully saturated rings. The van der Waals surface area contributed by atoms with E-state index in [9.17, 15) is 4.21 Å². The van der Waals surface area contributed by atoms with Crippen LogP contribution in [0.3, 0.4) is 0 Å². The molecule has 0 aliphatic heterocycles. The number of hydrogen-bond acceptors (Lipinski definition) is 3. The first kappa shape index (κ1) is 15.1. The Morgan fingerprint density at radius 3 is 2.40 bits per heavy atom. The summed E-state index contributed by atoms with van der Waals surface area (Å²) >= 11 is 0. The summed E-state index contributed by atoms with van der Waals surface area (Å²) in [5.41, 5.74) is 5.43. The minimum absolute atomic E-state index is 0.344. The maximum atomic E-state index is 11.5. The third-order valence-corrected chi connectivity index (χ3v) is 3.52. The molecule has 0 radical (unpaired) electrons. The van der Waals surface area contributed by atoms with Gasteiger partial charge in [-0.1, -0.05) is 13.8 Å². The summed E-state index contributed by atoms with van der Waals surface area (Å²) in [6, 6.07) is 0. The molecule has 0 aliphatic carbocycles. The van der Waals surface area contributed by atoms with Crippen molar-refractivity contribution in [2.75, 3.05) is 24.7 Å². The van der Waals surface area contributed by atoms with Gasteiger partial charge < -0.3 is 10.5 Å². The quantitative estimate of drug-likeness (QED) is 0.649. The second-order valence-electron chi connectivity index (χ2n) is 5.07. The Labute approximate surface area is 96.2 Å². The molecular formula is C11H25NO2S. The van der Waals surface area contributed by atoms with Gasteiger partial charge in [-0.3, -0.25) is 4.21 Å². The second kappa shape index (κ2) is 7.36. The fourth-order valence-electron chi connectivity index (χ4n) is 1.06. The van der Waals surface area contributed by atoms with Crippen LogP contribution in [0.2, 0.25) is 0 Å². The second-order valence-corrected chi connectivity index (χ2v) is 6.65. The Kier molecular flexibility index (Phi) is 7.40. The molecule has 0 rings (SSSR count). The summed E-state index contributed by atoms with van der Waals surface area (Å²) in [5.74, 6) is 1.80. The molecule has 0 aromatic carbocycles. The fourth-order valence-corrected chi connectivity index (χ4v) is 2.34. The molecule has 2 N–H and O–H groups in total. The van der Waals surface area contributed by atoms with Crippen molar-refractivity contribution in [2.45, 2.75) is 39.7 Å². The smallest absolute Gasteiger partial charge is 0.0581 e. The summed E-state index contributed by atoms with van der Waals surface area (Å²) in [4.78, 5) is 0. The van der Waals surface area contributed by atoms with Gasteiger partial charge in [0.15, 0.2) is 0 Å². The van der Waals surface area contributed by atoms with Gasteiger partial charge in [0.05, 0.1) is 6.61 Å². The first-order valence-corrected chi connectivity index (χ1v) is 7.01. The van der Waals surface area contributed by atoms with Gasteiger partial charge in [0.2, 0.25) is 0 Å². The number of ether oxygens (including phenoxy) is 1. The zero-order chi connectivity index (χ0) is 11.9. The average Bonchev–Trinajstić information content (AvgIpc) is 1.99. The summed E-state index contributed by atoms with van der Waals surface area (Å²) in [7, 11) is -0.854. The Bertz CT molecular complexity index is 188. The third-order valence-electron chi connectivity index (χ3n) is 1.83. The highest BCUT2D eigenvalue weighted by Crippen LogP contribution is 2.01. The van der Waals surface area contributed by atoms with Crippen LogP contribution in [0.5, 0.6) is 0 Å². The number of rotatable bonds is 8. The van der Waals surface area contributed by atoms with Gasteiger partial charge >= 0.3 is 0 Å². The maximum Gasteiger partial charge on any atom is 0.0581 e. The highest BCUT2D eigenvalue weighted by molar-refractivity contribution is 7.85. The van der Waals surface area contributed by atoms with Crippen molar-refractivity contribution in [2.24, 2.45) is 11.7 Å². The zero-order valence-corrected chi connectivity index (χ0v) is 11.2. The lowest BCUT2D eigenvalue weighted by Crippen LogP contribution is -2.38. The number of nitrogens with two attached hydrogens (primary N) is 1. The molecule has 0 bridgehead atoms. The first-order valence-electron chi connectivity index (χ1n) is 5.53. The van der Waals surface area contributed by atoms with Gasteiger partial charge in [-0.2, -0.15) is 0 Å². The summed E-state index contributed by atoms with van der Waals surface area (Å²) in [6.45, 7) is 9.46. The zero-order valence-electron chi connectivity index (χ0n) is 10.4. The van der Waals surface area contributed by atoms with Gasteiger partial charge in [-0.05, 0) is 26.2 Å². The van der Waals surface area contributed by atoms with E-state index < -0.39 is 10.8 Å². The van der Waals surface area contributed by atoms with Crippen molar-refractivity contribution in [3.05, 3.63) is 0 Å². The molecule has 0 heterocycles. The molecule has 4 heteroatoms. The Morgan fingerprint density at radius 2 is 1.93 bits per heavy atom. The summed E-state index contributed by atoms with van der Waals surface area (Å²) in [6.07, 6.45) is 1.06. The van der Waals surface area contributed by atoms with Crippen LogP contribution < -0.4 is 5.73 Å². The van der Waals surface area contributed by atoms with Crippen molar-refractivity contribution in [1.29, 1.82) is 0 Å². The lowest BCUT2D eigenvalue weighted by atomic mass is 10.1. The lowest BCUT2D eigenvalue weighted by molar-refractivity contribution is 0.138. The maximum absolute atomic E-state index is 11.5. The molecule has 1 unspecified atom stereocenters. The minimum atomic E-state index is -0.854. The van der Waals surface area contributed by atoms with Crippen molar-refractivity contribution in [3.8, 4) is 0 Å². The van der Waals surface area contributed by atoms with Gasteiger partial charge in [0.1, 0.15) is 0 Å². The summed E-state index contributed by atoms with van der Waals surface area (Å²) in [5, 5.41) is 0. The molecule has 0 saturated heterocycles. The van der Waals surface area contributed by atoms with E-state index in [0.29, 0.717) is 24.0 Å². The van der Waals surface area contributed by atoms with Crippen LogP contribution >= 0.6 is 0 Å². The van der Waals surface area contributed by atoms with Crippen LogP contribution in [0.1, 0.15) is 34.1 Å². The molecule has 0 spiro atoms. The van der Waals surface area contributed by atoms with E-state index in [-0.39, 0.29) is 5.54 Å². The molecular weight excluding hydrogens is 210 g/mol. The highest BCUT2D eigenvalue weighted by Gasteiger charge is 2.14. The Balaban J connectivity index is 3.40.